The molecule has 7 nitrogen and oxygen atoms in total. The molecule has 0 aliphatic heterocycles. The molecule has 2 N–H and O–H groups in total. The predicted octanol–water partition coefficient (Wildman–Crippen LogP) is 0.455. The third-order valence-electron chi connectivity index (χ3n) is 2.39. The highest BCUT2D eigenvalue weighted by Crippen LogP contribution is 2.08. The first-order valence-electron chi connectivity index (χ1n) is 6.02. The minimum absolute atomic E-state index is 0.00954. The molecule has 0 spiro atoms. The predicted molar refractivity (Wildman–Crippen MR) is 64.3 cm³/mol. The van der Waals surface area contributed by atoms with Crippen LogP contribution in [-0.2, 0) is 17.8 Å². The highest BCUT2D eigenvalue weighted by Gasteiger charge is 2.19. The summed E-state index contributed by atoms with van der Waals surface area (Å²) in [5.41, 5.74) is 0.428. The number of amides is 1. The van der Waals surface area contributed by atoms with E-state index in [2.05, 4.69) is 15.6 Å². The van der Waals surface area contributed by atoms with Crippen LogP contribution in [0.15, 0.2) is 0 Å². The molecule has 0 fully saturated rings. The maximum Gasteiger partial charge on any atom is 0.358 e. The van der Waals surface area contributed by atoms with Gasteiger partial charge in [-0.05, 0) is 12.8 Å². The lowest BCUT2D eigenvalue weighted by Crippen LogP contribution is -2.29. The summed E-state index contributed by atoms with van der Waals surface area (Å²) >= 11 is 0. The highest BCUT2D eigenvalue weighted by molar-refractivity contribution is 5.86. The van der Waals surface area contributed by atoms with Gasteiger partial charge in [0.25, 0.3) is 0 Å². The van der Waals surface area contributed by atoms with Crippen molar-refractivity contribution in [2.45, 2.75) is 39.7 Å². The lowest BCUT2D eigenvalue weighted by atomic mass is 10.2. The number of carbonyl (C=O) groups excluding carboxylic acids is 1. The Morgan fingerprint density at radius 3 is 2.61 bits per heavy atom. The number of carbonyl (C=O) groups is 2. The topological polar surface area (TPSA) is 97.1 Å². The Morgan fingerprint density at radius 2 is 2.06 bits per heavy atom. The maximum absolute atomic E-state index is 11.6. The molecule has 0 bridgehead atoms. The molecule has 1 aromatic rings. The summed E-state index contributed by atoms with van der Waals surface area (Å²) < 4.78 is 1.36. The second-order valence-electron chi connectivity index (χ2n) is 3.95. The van der Waals surface area contributed by atoms with Gasteiger partial charge in [-0.1, -0.05) is 25.5 Å². The Labute approximate surface area is 105 Å². The van der Waals surface area contributed by atoms with Crippen LogP contribution in [0.1, 0.15) is 42.9 Å². The van der Waals surface area contributed by atoms with Gasteiger partial charge in [0, 0.05) is 6.54 Å². The Bertz CT molecular complexity index is 428. The normalized spacial score (nSPS) is 10.3. The van der Waals surface area contributed by atoms with E-state index in [9.17, 15) is 9.59 Å². The summed E-state index contributed by atoms with van der Waals surface area (Å²) in [6.45, 7) is 4.50. The van der Waals surface area contributed by atoms with Gasteiger partial charge in [0.2, 0.25) is 5.91 Å². The van der Waals surface area contributed by atoms with E-state index in [4.69, 9.17) is 5.11 Å². The Kier molecular flexibility index (Phi) is 5.29. The number of hydrogen-bond acceptors (Lipinski definition) is 4. The van der Waals surface area contributed by atoms with Crippen molar-refractivity contribution in [2.24, 2.45) is 0 Å². The summed E-state index contributed by atoms with van der Waals surface area (Å²) in [7, 11) is 0. The molecule has 18 heavy (non-hydrogen) atoms. The van der Waals surface area contributed by atoms with Crippen LogP contribution in [0.3, 0.4) is 0 Å². The average Bonchev–Trinajstić information content (AvgIpc) is 2.70. The number of nitrogens with one attached hydrogen (secondary N) is 1. The molecular formula is C11H18N4O3. The van der Waals surface area contributed by atoms with Crippen LogP contribution in [0.4, 0.5) is 0 Å². The number of hydrogen-bond donors (Lipinski definition) is 2. The molecule has 0 unspecified atom stereocenters. The third-order valence-corrected chi connectivity index (χ3v) is 2.39. The van der Waals surface area contributed by atoms with Crippen molar-refractivity contribution in [3.05, 3.63) is 11.4 Å². The van der Waals surface area contributed by atoms with E-state index in [1.807, 2.05) is 13.8 Å². The van der Waals surface area contributed by atoms with Gasteiger partial charge in [0.15, 0.2) is 5.69 Å². The molecule has 1 aromatic heterocycles. The van der Waals surface area contributed by atoms with E-state index in [0.29, 0.717) is 18.7 Å². The van der Waals surface area contributed by atoms with E-state index < -0.39 is 5.97 Å². The van der Waals surface area contributed by atoms with Gasteiger partial charge in [-0.15, -0.1) is 5.10 Å². The first-order valence-corrected chi connectivity index (χ1v) is 6.02. The van der Waals surface area contributed by atoms with Gasteiger partial charge in [-0.25, -0.2) is 9.48 Å². The van der Waals surface area contributed by atoms with Crippen molar-refractivity contribution in [3.63, 3.8) is 0 Å². The first-order chi connectivity index (χ1) is 8.60. The van der Waals surface area contributed by atoms with Gasteiger partial charge < -0.3 is 10.4 Å². The fraction of sp³-hybridized carbons (Fsp3) is 0.636. The molecule has 7 heteroatoms. The standard InChI is InChI=1S/C11H18N4O3/c1-3-5-8-10(11(17)18)13-14-15(8)7-9(16)12-6-4-2/h3-7H2,1-2H3,(H,12,16)(H,17,18). The van der Waals surface area contributed by atoms with E-state index in [-0.39, 0.29) is 18.1 Å². The van der Waals surface area contributed by atoms with Crippen LogP contribution in [0.5, 0.6) is 0 Å². The largest absolute Gasteiger partial charge is 0.476 e. The lowest BCUT2D eigenvalue weighted by molar-refractivity contribution is -0.121. The number of carboxylic acids is 1. The fourth-order valence-corrected chi connectivity index (χ4v) is 1.57. The van der Waals surface area contributed by atoms with Crippen LogP contribution < -0.4 is 5.32 Å². The summed E-state index contributed by atoms with van der Waals surface area (Å²) in [4.78, 5) is 22.5. The van der Waals surface area contributed by atoms with Crippen molar-refractivity contribution in [1.82, 2.24) is 20.3 Å². The summed E-state index contributed by atoms with van der Waals surface area (Å²) in [6.07, 6.45) is 2.16. The molecule has 0 aliphatic carbocycles. The van der Waals surface area contributed by atoms with Crippen LogP contribution in [-0.4, -0.2) is 38.5 Å². The SMILES string of the molecule is CCCNC(=O)Cn1nnc(C(=O)O)c1CCC. The van der Waals surface area contributed by atoms with E-state index >= 15 is 0 Å². The van der Waals surface area contributed by atoms with Crippen LogP contribution >= 0.6 is 0 Å². The van der Waals surface area contributed by atoms with Gasteiger partial charge in [0.1, 0.15) is 6.54 Å². The summed E-state index contributed by atoms with van der Waals surface area (Å²) in [5.74, 6) is -1.30. The molecule has 0 saturated carbocycles. The zero-order chi connectivity index (χ0) is 13.5. The van der Waals surface area contributed by atoms with Gasteiger partial charge >= 0.3 is 5.97 Å². The second-order valence-corrected chi connectivity index (χ2v) is 3.95. The molecule has 0 aliphatic rings. The number of rotatable bonds is 7. The van der Waals surface area contributed by atoms with Crippen molar-refractivity contribution in [1.29, 1.82) is 0 Å². The highest BCUT2D eigenvalue weighted by atomic mass is 16.4. The van der Waals surface area contributed by atoms with E-state index in [1.165, 1.54) is 4.68 Å². The number of carboxylic acid groups (broad SMARTS) is 1. The Hall–Kier alpha value is -1.92. The van der Waals surface area contributed by atoms with Crippen LogP contribution in [0.25, 0.3) is 0 Å². The van der Waals surface area contributed by atoms with Gasteiger partial charge in [-0.3, -0.25) is 4.79 Å². The van der Waals surface area contributed by atoms with Crippen molar-refractivity contribution < 1.29 is 14.7 Å². The van der Waals surface area contributed by atoms with Gasteiger partial charge in [0.05, 0.1) is 5.69 Å². The fourth-order valence-electron chi connectivity index (χ4n) is 1.57. The molecule has 1 rings (SSSR count). The molecule has 0 aromatic carbocycles. The Balaban J connectivity index is 2.81. The number of aromatic carboxylic acids is 1. The van der Waals surface area contributed by atoms with Crippen molar-refractivity contribution >= 4 is 11.9 Å². The number of aromatic nitrogens is 3. The second kappa shape index (κ2) is 6.73. The van der Waals surface area contributed by atoms with E-state index in [0.717, 1.165) is 12.8 Å². The van der Waals surface area contributed by atoms with Crippen molar-refractivity contribution in [3.8, 4) is 0 Å². The average molecular weight is 254 g/mol. The van der Waals surface area contributed by atoms with Crippen molar-refractivity contribution in [2.75, 3.05) is 6.54 Å². The van der Waals surface area contributed by atoms with E-state index in [1.54, 1.807) is 0 Å². The monoisotopic (exact) mass is 254 g/mol. The van der Waals surface area contributed by atoms with Crippen LogP contribution in [0, 0.1) is 0 Å². The molecule has 0 saturated heterocycles. The quantitative estimate of drug-likeness (QED) is 0.736. The molecule has 0 atom stereocenters. The molecule has 0 radical (unpaired) electrons. The minimum atomic E-state index is -1.11. The summed E-state index contributed by atoms with van der Waals surface area (Å²) in [5, 5.41) is 19.0. The summed E-state index contributed by atoms with van der Waals surface area (Å²) in [6, 6.07) is 0. The van der Waals surface area contributed by atoms with Crippen LogP contribution in [0.2, 0.25) is 0 Å². The smallest absolute Gasteiger partial charge is 0.358 e. The maximum atomic E-state index is 11.6. The third kappa shape index (κ3) is 3.54. The minimum Gasteiger partial charge on any atom is -0.476 e. The molecule has 1 amide bonds. The molecule has 100 valence electrons. The molecular weight excluding hydrogens is 236 g/mol. The number of nitrogens with zero attached hydrogens (tertiary/aromatic N) is 3. The molecule has 1 heterocycles. The zero-order valence-corrected chi connectivity index (χ0v) is 10.6. The Morgan fingerprint density at radius 1 is 1.33 bits per heavy atom. The van der Waals surface area contributed by atoms with Gasteiger partial charge in [-0.2, -0.15) is 0 Å². The first kappa shape index (κ1) is 14.1. The lowest BCUT2D eigenvalue weighted by Gasteiger charge is -2.06. The zero-order valence-electron chi connectivity index (χ0n) is 10.6.